The van der Waals surface area contributed by atoms with Gasteiger partial charge in [0.1, 0.15) is 0 Å². The van der Waals surface area contributed by atoms with Crippen molar-refractivity contribution in [1.82, 2.24) is 20.9 Å². The maximum Gasteiger partial charge on any atom is 0.254 e. The minimum absolute atomic E-state index is 0. The molecule has 0 radical (unpaired) electrons. The molecule has 7 nitrogen and oxygen atoms in total. The first kappa shape index (κ1) is 24.2. The lowest BCUT2D eigenvalue weighted by Crippen LogP contribution is -2.49. The maximum absolute atomic E-state index is 12.5. The Labute approximate surface area is 184 Å². The highest BCUT2D eigenvalue weighted by atomic mass is 127. The lowest BCUT2D eigenvalue weighted by molar-refractivity contribution is -0.123. The summed E-state index contributed by atoms with van der Waals surface area (Å²) in [6, 6.07) is 7.48. The molecule has 1 saturated heterocycles. The Morgan fingerprint density at radius 1 is 1.18 bits per heavy atom. The smallest absolute Gasteiger partial charge is 0.254 e. The molecule has 0 spiro atoms. The molecule has 1 aromatic carbocycles. The Kier molecular flexibility index (Phi) is 11.5. The number of piperazine rings is 1. The van der Waals surface area contributed by atoms with Crippen LogP contribution in [0.1, 0.15) is 48.5 Å². The van der Waals surface area contributed by atoms with Crippen molar-refractivity contribution in [1.29, 1.82) is 0 Å². The van der Waals surface area contributed by atoms with Crippen LogP contribution in [0.25, 0.3) is 0 Å². The van der Waals surface area contributed by atoms with E-state index in [-0.39, 0.29) is 42.3 Å². The normalized spacial score (nSPS) is 14.1. The Hall–Kier alpha value is -1.84. The van der Waals surface area contributed by atoms with E-state index in [0.717, 1.165) is 24.5 Å². The fourth-order valence-electron chi connectivity index (χ4n) is 2.92. The van der Waals surface area contributed by atoms with Gasteiger partial charge in [0.2, 0.25) is 5.91 Å². The fourth-order valence-corrected chi connectivity index (χ4v) is 2.92. The topological polar surface area (TPSA) is 85.8 Å². The predicted molar refractivity (Wildman–Crippen MR) is 123 cm³/mol. The second-order valence-electron chi connectivity index (χ2n) is 6.69. The number of carbonyl (C=O) groups excluding carboxylic acids is 2. The van der Waals surface area contributed by atoms with Crippen LogP contribution >= 0.6 is 24.0 Å². The lowest BCUT2D eigenvalue weighted by Gasteiger charge is -2.26. The van der Waals surface area contributed by atoms with Gasteiger partial charge in [0.05, 0.1) is 6.54 Å². The van der Waals surface area contributed by atoms with Crippen LogP contribution in [0.5, 0.6) is 0 Å². The average molecular weight is 501 g/mol. The second kappa shape index (κ2) is 13.4. The molecule has 1 heterocycles. The van der Waals surface area contributed by atoms with E-state index in [1.165, 1.54) is 19.3 Å². The Bertz CT molecular complexity index is 649. The van der Waals surface area contributed by atoms with Gasteiger partial charge in [-0.15, -0.1) is 24.0 Å². The van der Waals surface area contributed by atoms with Crippen LogP contribution in [0.3, 0.4) is 0 Å². The molecule has 0 aromatic heterocycles. The number of guanidine groups is 1. The van der Waals surface area contributed by atoms with Crippen molar-refractivity contribution in [3.05, 3.63) is 35.4 Å². The molecule has 2 amide bonds. The second-order valence-corrected chi connectivity index (χ2v) is 6.69. The molecule has 8 heteroatoms. The highest BCUT2D eigenvalue weighted by molar-refractivity contribution is 14.0. The molecule has 1 aliphatic rings. The Morgan fingerprint density at radius 2 is 1.93 bits per heavy atom. The SMILES string of the molecule is CCCCCCNC(=NC)NCc1ccc(C(=O)N2CCNC(=O)C2)cc1.I. The van der Waals surface area contributed by atoms with Gasteiger partial charge in [0, 0.05) is 38.8 Å². The van der Waals surface area contributed by atoms with Gasteiger partial charge in [0.15, 0.2) is 5.96 Å². The molecule has 3 N–H and O–H groups in total. The Morgan fingerprint density at radius 3 is 2.57 bits per heavy atom. The van der Waals surface area contributed by atoms with Crippen molar-refractivity contribution in [2.24, 2.45) is 4.99 Å². The molecule has 1 aliphatic heterocycles. The van der Waals surface area contributed by atoms with E-state index in [1.54, 1.807) is 11.9 Å². The third-order valence-electron chi connectivity index (χ3n) is 4.53. The summed E-state index contributed by atoms with van der Waals surface area (Å²) in [7, 11) is 1.76. The van der Waals surface area contributed by atoms with Gasteiger partial charge in [-0.2, -0.15) is 0 Å². The predicted octanol–water partition coefficient (Wildman–Crippen LogP) is 2.12. The number of nitrogens with zero attached hydrogens (tertiary/aromatic N) is 2. The van der Waals surface area contributed by atoms with Crippen LogP contribution < -0.4 is 16.0 Å². The summed E-state index contributed by atoms with van der Waals surface area (Å²) in [4.78, 5) is 29.7. The van der Waals surface area contributed by atoms with Crippen molar-refractivity contribution in [3.8, 4) is 0 Å². The quantitative estimate of drug-likeness (QED) is 0.221. The van der Waals surface area contributed by atoms with Crippen molar-refractivity contribution in [2.75, 3.05) is 33.2 Å². The summed E-state index contributed by atoms with van der Waals surface area (Å²) in [5, 5.41) is 9.33. The van der Waals surface area contributed by atoms with Gasteiger partial charge < -0.3 is 20.9 Å². The van der Waals surface area contributed by atoms with Gasteiger partial charge >= 0.3 is 0 Å². The number of benzene rings is 1. The first-order chi connectivity index (χ1) is 13.1. The highest BCUT2D eigenvalue weighted by Gasteiger charge is 2.21. The standard InChI is InChI=1S/C20H31N5O2.HI/c1-3-4-5-6-11-23-20(21-2)24-14-16-7-9-17(10-8-16)19(27)25-13-12-22-18(26)15-25;/h7-10H,3-6,11-15H2,1-2H3,(H,22,26)(H2,21,23,24);1H. The summed E-state index contributed by atoms with van der Waals surface area (Å²) >= 11 is 0. The minimum atomic E-state index is -0.107. The van der Waals surface area contributed by atoms with Gasteiger partial charge in [-0.3, -0.25) is 14.6 Å². The third-order valence-corrected chi connectivity index (χ3v) is 4.53. The lowest BCUT2D eigenvalue weighted by atomic mass is 10.1. The monoisotopic (exact) mass is 501 g/mol. The molecule has 2 rings (SSSR count). The molecule has 0 bridgehead atoms. The molecule has 0 aliphatic carbocycles. The zero-order valence-corrected chi connectivity index (χ0v) is 19.1. The maximum atomic E-state index is 12.5. The van der Waals surface area contributed by atoms with Crippen molar-refractivity contribution in [3.63, 3.8) is 0 Å². The van der Waals surface area contributed by atoms with Crippen molar-refractivity contribution in [2.45, 2.75) is 39.2 Å². The van der Waals surface area contributed by atoms with Crippen LogP contribution in [0.2, 0.25) is 0 Å². The van der Waals surface area contributed by atoms with E-state index >= 15 is 0 Å². The molecule has 28 heavy (non-hydrogen) atoms. The van der Waals surface area contributed by atoms with Gasteiger partial charge in [0.25, 0.3) is 5.91 Å². The molecule has 0 atom stereocenters. The number of carbonyl (C=O) groups is 2. The molecule has 0 unspecified atom stereocenters. The zero-order valence-electron chi connectivity index (χ0n) is 16.8. The van der Waals surface area contributed by atoms with E-state index in [4.69, 9.17) is 0 Å². The van der Waals surface area contributed by atoms with Crippen LogP contribution in [0.4, 0.5) is 0 Å². The first-order valence-corrected chi connectivity index (χ1v) is 9.73. The molecular formula is C20H32IN5O2. The van der Waals surface area contributed by atoms with Crippen LogP contribution in [0.15, 0.2) is 29.3 Å². The number of nitrogens with one attached hydrogen (secondary N) is 3. The summed E-state index contributed by atoms with van der Waals surface area (Å²) in [5.41, 5.74) is 1.67. The summed E-state index contributed by atoms with van der Waals surface area (Å²) in [6.07, 6.45) is 4.87. The van der Waals surface area contributed by atoms with Gasteiger partial charge in [-0.05, 0) is 24.1 Å². The van der Waals surface area contributed by atoms with E-state index in [1.807, 2.05) is 24.3 Å². The number of rotatable bonds is 8. The Balaban J connectivity index is 0.00000392. The number of hydrogen-bond acceptors (Lipinski definition) is 3. The fraction of sp³-hybridized carbons (Fsp3) is 0.550. The van der Waals surface area contributed by atoms with Crippen LogP contribution in [-0.2, 0) is 11.3 Å². The molecular weight excluding hydrogens is 469 g/mol. The first-order valence-electron chi connectivity index (χ1n) is 9.73. The number of halogens is 1. The molecule has 1 fully saturated rings. The number of amides is 2. The van der Waals surface area contributed by atoms with Crippen molar-refractivity contribution < 1.29 is 9.59 Å². The van der Waals surface area contributed by atoms with Crippen molar-refractivity contribution >= 4 is 41.8 Å². The van der Waals surface area contributed by atoms with E-state index in [2.05, 4.69) is 27.9 Å². The van der Waals surface area contributed by atoms with Gasteiger partial charge in [-0.25, -0.2) is 0 Å². The number of hydrogen-bond donors (Lipinski definition) is 3. The molecule has 1 aromatic rings. The highest BCUT2D eigenvalue weighted by Crippen LogP contribution is 2.09. The zero-order chi connectivity index (χ0) is 19.5. The van der Waals surface area contributed by atoms with Crippen LogP contribution in [-0.4, -0.2) is 55.9 Å². The largest absolute Gasteiger partial charge is 0.356 e. The van der Waals surface area contributed by atoms with E-state index in [0.29, 0.717) is 25.2 Å². The number of unbranched alkanes of at least 4 members (excludes halogenated alkanes) is 3. The molecule has 156 valence electrons. The van der Waals surface area contributed by atoms with E-state index < -0.39 is 0 Å². The molecule has 0 saturated carbocycles. The van der Waals surface area contributed by atoms with E-state index in [9.17, 15) is 9.59 Å². The minimum Gasteiger partial charge on any atom is -0.356 e. The third kappa shape index (κ3) is 8.04. The van der Waals surface area contributed by atoms with Crippen LogP contribution in [0, 0.1) is 0 Å². The average Bonchev–Trinajstić information content (AvgIpc) is 2.70. The van der Waals surface area contributed by atoms with Gasteiger partial charge in [-0.1, -0.05) is 38.3 Å². The number of aliphatic imine (C=N–C) groups is 1. The summed E-state index contributed by atoms with van der Waals surface area (Å²) in [6.45, 7) is 4.94. The summed E-state index contributed by atoms with van der Waals surface area (Å²) < 4.78 is 0. The summed E-state index contributed by atoms with van der Waals surface area (Å²) in [5.74, 6) is 0.573.